The Morgan fingerprint density at radius 2 is 2.36 bits per heavy atom. The molecule has 1 atom stereocenters. The summed E-state index contributed by atoms with van der Waals surface area (Å²) < 4.78 is 0. The molecule has 0 aromatic rings. The minimum absolute atomic E-state index is 0.534. The molecule has 1 N–H and O–H groups in total. The van der Waals surface area contributed by atoms with Gasteiger partial charge in [0.15, 0.2) is 0 Å². The van der Waals surface area contributed by atoms with E-state index in [9.17, 15) is 4.79 Å². The molecule has 0 bridgehead atoms. The zero-order chi connectivity index (χ0) is 9.80. The third-order valence-electron chi connectivity index (χ3n) is 3.11. The molecule has 3 nitrogen and oxygen atoms in total. The fourth-order valence-corrected chi connectivity index (χ4v) is 2.32. The van der Waals surface area contributed by atoms with Gasteiger partial charge < -0.3 is 10.2 Å². The van der Waals surface area contributed by atoms with Crippen molar-refractivity contribution in [1.82, 2.24) is 10.2 Å². The largest absolute Gasteiger partial charge is 0.322 e. The highest BCUT2D eigenvalue weighted by Crippen LogP contribution is 2.22. The molecule has 2 heterocycles. The van der Waals surface area contributed by atoms with Gasteiger partial charge in [0.25, 0.3) is 0 Å². The molecule has 0 radical (unpaired) electrons. The maximum atomic E-state index is 10.6. The van der Waals surface area contributed by atoms with Gasteiger partial charge in [-0.1, -0.05) is 6.42 Å². The summed E-state index contributed by atoms with van der Waals surface area (Å²) in [5.41, 5.74) is 1.42. The number of carbonyl (C=O) groups excluding carboxylic acids is 1. The molecule has 1 fully saturated rings. The van der Waals surface area contributed by atoms with E-state index in [0.717, 1.165) is 32.3 Å². The summed E-state index contributed by atoms with van der Waals surface area (Å²) in [5, 5.41) is 3.52. The molecule has 2 aliphatic heterocycles. The van der Waals surface area contributed by atoms with Gasteiger partial charge in [-0.2, -0.15) is 0 Å². The lowest BCUT2D eigenvalue weighted by Gasteiger charge is -2.30. The van der Waals surface area contributed by atoms with Crippen molar-refractivity contribution in [2.45, 2.75) is 38.1 Å². The topological polar surface area (TPSA) is 32.3 Å². The molecule has 0 aromatic heterocycles. The van der Waals surface area contributed by atoms with E-state index in [0.29, 0.717) is 6.04 Å². The first-order valence-electron chi connectivity index (χ1n) is 5.55. The van der Waals surface area contributed by atoms with Crippen molar-refractivity contribution in [2.75, 3.05) is 13.1 Å². The predicted molar refractivity (Wildman–Crippen MR) is 55.7 cm³/mol. The van der Waals surface area contributed by atoms with E-state index in [4.69, 9.17) is 0 Å². The molecule has 1 saturated heterocycles. The Labute approximate surface area is 85.2 Å². The molecule has 0 saturated carbocycles. The highest BCUT2D eigenvalue weighted by Gasteiger charge is 2.20. The maximum absolute atomic E-state index is 10.6. The van der Waals surface area contributed by atoms with Gasteiger partial charge in [-0.3, -0.25) is 4.79 Å². The second-order valence-electron chi connectivity index (χ2n) is 4.15. The van der Waals surface area contributed by atoms with Crippen molar-refractivity contribution in [3.8, 4) is 0 Å². The first-order chi connectivity index (χ1) is 6.90. The van der Waals surface area contributed by atoms with E-state index >= 15 is 0 Å². The number of nitrogens with zero attached hydrogens (tertiary/aromatic N) is 1. The Balaban J connectivity index is 2.00. The van der Waals surface area contributed by atoms with Crippen LogP contribution in [0.15, 0.2) is 11.8 Å². The smallest absolute Gasteiger partial charge is 0.213 e. The standard InChI is InChI=1S/C11H18N2O/c14-9-13-7-3-4-10(8-13)11-5-1-2-6-12-11/h8-9,11-12H,1-7H2. The van der Waals surface area contributed by atoms with Gasteiger partial charge >= 0.3 is 0 Å². The Morgan fingerprint density at radius 1 is 1.43 bits per heavy atom. The summed E-state index contributed by atoms with van der Waals surface area (Å²) in [7, 11) is 0. The van der Waals surface area contributed by atoms with Gasteiger partial charge in [-0.05, 0) is 37.8 Å². The van der Waals surface area contributed by atoms with Crippen molar-refractivity contribution >= 4 is 6.41 Å². The average molecular weight is 194 g/mol. The summed E-state index contributed by atoms with van der Waals surface area (Å²) in [6.07, 6.45) is 9.09. The molecule has 1 amide bonds. The average Bonchev–Trinajstić information content (AvgIpc) is 2.30. The minimum atomic E-state index is 0.534. The molecule has 0 aliphatic carbocycles. The maximum Gasteiger partial charge on any atom is 0.213 e. The molecule has 0 aromatic carbocycles. The van der Waals surface area contributed by atoms with Crippen LogP contribution in [-0.4, -0.2) is 30.4 Å². The van der Waals surface area contributed by atoms with Crippen molar-refractivity contribution in [2.24, 2.45) is 0 Å². The highest BCUT2D eigenvalue weighted by atomic mass is 16.1. The third-order valence-corrected chi connectivity index (χ3v) is 3.11. The molecule has 1 unspecified atom stereocenters. The lowest BCUT2D eigenvalue weighted by atomic mass is 9.93. The molecule has 2 aliphatic rings. The lowest BCUT2D eigenvalue weighted by Crippen LogP contribution is -2.37. The number of rotatable bonds is 2. The van der Waals surface area contributed by atoms with E-state index in [1.807, 2.05) is 6.20 Å². The van der Waals surface area contributed by atoms with Crippen LogP contribution in [0.2, 0.25) is 0 Å². The van der Waals surface area contributed by atoms with Crippen LogP contribution in [0.1, 0.15) is 32.1 Å². The van der Waals surface area contributed by atoms with Crippen LogP contribution in [-0.2, 0) is 4.79 Å². The third kappa shape index (κ3) is 2.15. The number of hydrogen-bond donors (Lipinski definition) is 1. The van der Waals surface area contributed by atoms with Gasteiger partial charge in [-0.15, -0.1) is 0 Å². The van der Waals surface area contributed by atoms with Gasteiger partial charge in [-0.25, -0.2) is 0 Å². The normalized spacial score (nSPS) is 28.4. The van der Waals surface area contributed by atoms with Crippen molar-refractivity contribution in [3.05, 3.63) is 11.8 Å². The number of carbonyl (C=O) groups is 1. The van der Waals surface area contributed by atoms with E-state index < -0.39 is 0 Å². The molecular weight excluding hydrogens is 176 g/mol. The fraction of sp³-hybridized carbons (Fsp3) is 0.727. The van der Waals surface area contributed by atoms with Gasteiger partial charge in [0.1, 0.15) is 0 Å². The molecule has 2 rings (SSSR count). The molecular formula is C11H18N2O. The van der Waals surface area contributed by atoms with E-state index in [-0.39, 0.29) is 0 Å². The molecule has 0 spiro atoms. The van der Waals surface area contributed by atoms with Crippen LogP contribution in [0, 0.1) is 0 Å². The van der Waals surface area contributed by atoms with E-state index in [2.05, 4.69) is 5.32 Å². The molecule has 14 heavy (non-hydrogen) atoms. The SMILES string of the molecule is O=CN1C=C(C2CCCCN2)CCC1. The summed E-state index contributed by atoms with van der Waals surface area (Å²) in [6, 6.07) is 0.534. The Kier molecular flexibility index (Phi) is 3.19. The van der Waals surface area contributed by atoms with Gasteiger partial charge in [0, 0.05) is 18.8 Å². The summed E-state index contributed by atoms with van der Waals surface area (Å²) in [6.45, 7) is 2.02. The van der Waals surface area contributed by atoms with E-state index in [1.54, 1.807) is 4.90 Å². The first kappa shape index (κ1) is 9.71. The predicted octanol–water partition coefficient (Wildman–Crippen LogP) is 1.26. The quantitative estimate of drug-likeness (QED) is 0.671. The fourth-order valence-electron chi connectivity index (χ4n) is 2.32. The van der Waals surface area contributed by atoms with Gasteiger partial charge in [0.2, 0.25) is 6.41 Å². The zero-order valence-corrected chi connectivity index (χ0v) is 8.54. The van der Waals surface area contributed by atoms with Crippen molar-refractivity contribution in [1.29, 1.82) is 0 Å². The molecule has 3 heteroatoms. The monoisotopic (exact) mass is 194 g/mol. The van der Waals surface area contributed by atoms with Crippen LogP contribution in [0.5, 0.6) is 0 Å². The number of piperidine rings is 1. The van der Waals surface area contributed by atoms with Crippen LogP contribution < -0.4 is 5.32 Å². The number of nitrogens with one attached hydrogen (secondary N) is 1. The zero-order valence-electron chi connectivity index (χ0n) is 8.54. The highest BCUT2D eigenvalue weighted by molar-refractivity contribution is 5.50. The minimum Gasteiger partial charge on any atom is -0.322 e. The van der Waals surface area contributed by atoms with Crippen LogP contribution in [0.4, 0.5) is 0 Å². The molecule has 78 valence electrons. The summed E-state index contributed by atoms with van der Waals surface area (Å²) in [4.78, 5) is 12.4. The van der Waals surface area contributed by atoms with Crippen LogP contribution >= 0.6 is 0 Å². The number of hydrogen-bond acceptors (Lipinski definition) is 2. The first-order valence-corrected chi connectivity index (χ1v) is 5.55. The lowest BCUT2D eigenvalue weighted by molar-refractivity contribution is -0.116. The van der Waals surface area contributed by atoms with Crippen molar-refractivity contribution < 1.29 is 4.79 Å². The Morgan fingerprint density at radius 3 is 3.07 bits per heavy atom. The Bertz CT molecular complexity index is 231. The summed E-state index contributed by atoms with van der Waals surface area (Å²) in [5.74, 6) is 0. The van der Waals surface area contributed by atoms with Crippen LogP contribution in [0.25, 0.3) is 0 Å². The van der Waals surface area contributed by atoms with Crippen molar-refractivity contribution in [3.63, 3.8) is 0 Å². The summed E-state index contributed by atoms with van der Waals surface area (Å²) >= 11 is 0. The second kappa shape index (κ2) is 4.60. The van der Waals surface area contributed by atoms with E-state index in [1.165, 1.54) is 24.8 Å². The van der Waals surface area contributed by atoms with Gasteiger partial charge in [0.05, 0.1) is 0 Å². The van der Waals surface area contributed by atoms with Crippen LogP contribution in [0.3, 0.4) is 0 Å². The Hall–Kier alpha value is -0.830. The number of amides is 1. The second-order valence-corrected chi connectivity index (χ2v) is 4.15.